The Morgan fingerprint density at radius 1 is 1.53 bits per heavy atom. The lowest BCUT2D eigenvalue weighted by Crippen LogP contribution is -2.50. The first-order valence-corrected chi connectivity index (χ1v) is 5.13. The first-order valence-electron chi connectivity index (χ1n) is 5.13. The average Bonchev–Trinajstić information content (AvgIpc) is 2.27. The first-order chi connectivity index (χ1) is 7.99. The van der Waals surface area contributed by atoms with Gasteiger partial charge in [0.25, 0.3) is 5.56 Å². The second-order valence-corrected chi connectivity index (χ2v) is 3.89. The fraction of sp³-hybridized carbons (Fsp3) is 0.556. The van der Waals surface area contributed by atoms with Crippen LogP contribution in [0.3, 0.4) is 0 Å². The van der Waals surface area contributed by atoms with Crippen LogP contribution in [-0.4, -0.2) is 45.0 Å². The zero-order chi connectivity index (χ0) is 12.6. The van der Waals surface area contributed by atoms with Crippen molar-refractivity contribution in [1.82, 2.24) is 9.97 Å². The molecule has 0 radical (unpaired) electrons. The summed E-state index contributed by atoms with van der Waals surface area (Å²) in [6, 6.07) is -0.644. The summed E-state index contributed by atoms with van der Waals surface area (Å²) in [7, 11) is 0. The van der Waals surface area contributed by atoms with Crippen molar-refractivity contribution in [3.8, 4) is 0 Å². The summed E-state index contributed by atoms with van der Waals surface area (Å²) in [6.07, 6.45) is -2.01. The molecule has 92 valence electrons. The van der Waals surface area contributed by atoms with Crippen LogP contribution in [-0.2, 0) is 0 Å². The fourth-order valence-corrected chi connectivity index (χ4v) is 1.59. The predicted octanol–water partition coefficient (Wildman–Crippen LogP) is -3.28. The minimum absolute atomic E-state index is 0.0257. The molecule has 0 saturated carbocycles. The molecule has 1 aromatic heterocycles. The lowest BCUT2D eigenvalue weighted by Gasteiger charge is -2.21. The molecule has 0 fully saturated rings. The lowest BCUT2D eigenvalue weighted by molar-refractivity contribution is 0.0160. The van der Waals surface area contributed by atoms with Gasteiger partial charge in [0.05, 0.1) is 18.7 Å². The molecule has 17 heavy (non-hydrogen) atoms. The third kappa shape index (κ3) is 2.17. The van der Waals surface area contributed by atoms with Crippen molar-refractivity contribution in [3.05, 3.63) is 21.2 Å². The molecule has 2 rings (SSSR count). The number of nitrogens with one attached hydrogen (secondary N) is 1. The Morgan fingerprint density at radius 3 is 2.88 bits per heavy atom. The van der Waals surface area contributed by atoms with Gasteiger partial charge < -0.3 is 15.9 Å². The van der Waals surface area contributed by atoms with Crippen LogP contribution in [0, 0.1) is 0 Å². The Hall–Kier alpha value is -1.80. The van der Waals surface area contributed by atoms with E-state index in [2.05, 4.69) is 20.0 Å². The summed E-state index contributed by atoms with van der Waals surface area (Å²) in [5.74, 6) is -0.0257. The number of nitrogen functional groups attached to an aromatic ring is 1. The van der Waals surface area contributed by atoms with E-state index in [9.17, 15) is 15.0 Å². The zero-order valence-electron chi connectivity index (χ0n) is 9.16. The molecule has 0 unspecified atom stereocenters. The van der Waals surface area contributed by atoms with E-state index in [1.54, 1.807) is 0 Å². The molecular formula is C9H13N5O3. The molecule has 1 aliphatic rings. The Bertz CT molecular complexity index is 594. The van der Waals surface area contributed by atoms with Crippen LogP contribution in [0.4, 0.5) is 5.95 Å². The van der Waals surface area contributed by atoms with Crippen molar-refractivity contribution in [1.29, 1.82) is 0 Å². The predicted molar refractivity (Wildman–Crippen MR) is 57.9 cm³/mol. The van der Waals surface area contributed by atoms with E-state index in [0.717, 1.165) is 0 Å². The number of aromatic amines is 1. The highest BCUT2D eigenvalue weighted by Gasteiger charge is 2.24. The third-order valence-electron chi connectivity index (χ3n) is 2.51. The van der Waals surface area contributed by atoms with Gasteiger partial charge in [-0.25, -0.2) is 0 Å². The van der Waals surface area contributed by atoms with Gasteiger partial charge in [-0.05, 0) is 6.92 Å². The van der Waals surface area contributed by atoms with Crippen LogP contribution in [0.5, 0.6) is 0 Å². The van der Waals surface area contributed by atoms with E-state index >= 15 is 0 Å². The van der Waals surface area contributed by atoms with Crippen molar-refractivity contribution in [2.75, 3.05) is 12.3 Å². The van der Waals surface area contributed by atoms with Gasteiger partial charge in [0.1, 0.15) is 6.10 Å². The summed E-state index contributed by atoms with van der Waals surface area (Å²) in [5.41, 5.74) is 5.03. The quantitative estimate of drug-likeness (QED) is 0.429. The van der Waals surface area contributed by atoms with E-state index in [1.165, 1.54) is 6.92 Å². The van der Waals surface area contributed by atoms with Crippen molar-refractivity contribution in [3.63, 3.8) is 0 Å². The van der Waals surface area contributed by atoms with Crippen molar-refractivity contribution >= 4 is 5.95 Å². The molecule has 0 amide bonds. The Balaban J connectivity index is 2.51. The molecule has 2 heterocycles. The normalized spacial score (nSPS) is 21.9. The number of hydrogen-bond donors (Lipinski definition) is 4. The maximum Gasteiger partial charge on any atom is 0.280 e. The van der Waals surface area contributed by atoms with Crippen LogP contribution in [0.1, 0.15) is 6.92 Å². The third-order valence-corrected chi connectivity index (χ3v) is 2.51. The van der Waals surface area contributed by atoms with Gasteiger partial charge in [0.15, 0.2) is 10.8 Å². The number of H-pyrrole nitrogens is 1. The number of aliphatic hydroxyl groups excluding tert-OH is 2. The Kier molecular flexibility index (Phi) is 2.90. The lowest BCUT2D eigenvalue weighted by atomic mass is 10.1. The number of anilines is 1. The van der Waals surface area contributed by atoms with E-state index in [1.807, 2.05) is 0 Å². The highest BCUT2D eigenvalue weighted by Crippen LogP contribution is 2.04. The van der Waals surface area contributed by atoms with Gasteiger partial charge in [-0.2, -0.15) is 4.98 Å². The van der Waals surface area contributed by atoms with Gasteiger partial charge in [-0.15, -0.1) is 0 Å². The van der Waals surface area contributed by atoms with E-state index in [-0.39, 0.29) is 23.3 Å². The molecule has 3 atom stereocenters. The minimum atomic E-state index is -1.07. The molecule has 8 nitrogen and oxygen atoms in total. The van der Waals surface area contributed by atoms with Crippen LogP contribution in [0.15, 0.2) is 14.8 Å². The summed E-state index contributed by atoms with van der Waals surface area (Å²) < 4.78 is 0. The Morgan fingerprint density at radius 2 is 2.24 bits per heavy atom. The van der Waals surface area contributed by atoms with Gasteiger partial charge >= 0.3 is 0 Å². The molecule has 0 saturated heterocycles. The second kappa shape index (κ2) is 4.22. The maximum atomic E-state index is 11.5. The van der Waals surface area contributed by atoms with Crippen molar-refractivity contribution < 1.29 is 10.2 Å². The number of nitrogens with zero attached hydrogens (tertiary/aromatic N) is 3. The van der Waals surface area contributed by atoms with Gasteiger partial charge in [0, 0.05) is 0 Å². The van der Waals surface area contributed by atoms with Crippen LogP contribution < -0.4 is 22.1 Å². The SMILES string of the molecule is C[C@@H](O)[C@H](O)[C@H]1CN=c2nc(N)[nH]c(=O)c2=N1. The van der Waals surface area contributed by atoms with Crippen molar-refractivity contribution in [2.45, 2.75) is 25.2 Å². The highest BCUT2D eigenvalue weighted by atomic mass is 16.3. The molecule has 5 N–H and O–H groups in total. The largest absolute Gasteiger partial charge is 0.391 e. The first kappa shape index (κ1) is 11.7. The summed E-state index contributed by atoms with van der Waals surface area (Å²) in [4.78, 5) is 25.7. The molecule has 0 aliphatic carbocycles. The zero-order valence-corrected chi connectivity index (χ0v) is 9.16. The van der Waals surface area contributed by atoms with Crippen molar-refractivity contribution in [2.24, 2.45) is 9.98 Å². The molecular weight excluding hydrogens is 226 g/mol. The van der Waals surface area contributed by atoms with Gasteiger partial charge in [0.2, 0.25) is 5.95 Å². The summed E-state index contributed by atoms with van der Waals surface area (Å²) in [5, 5.41) is 19.0. The van der Waals surface area contributed by atoms with Crippen LogP contribution in [0.2, 0.25) is 0 Å². The number of aliphatic hydroxyl groups is 2. The standard InChI is InChI=1S/C9H13N5O3/c1-3(15)6(16)4-2-11-7-5(12-4)8(17)14-9(10)13-7/h3-4,6,15-16H,2H2,1H3,(H3,10,11,13,14,17)/t3-,4-,6+/m1/s1. The number of rotatable bonds is 2. The number of nitrogens with two attached hydrogens (primary N) is 1. The molecule has 0 spiro atoms. The van der Waals surface area contributed by atoms with Crippen LogP contribution >= 0.6 is 0 Å². The summed E-state index contributed by atoms with van der Waals surface area (Å²) >= 11 is 0. The highest BCUT2D eigenvalue weighted by molar-refractivity contribution is 5.12. The van der Waals surface area contributed by atoms with Gasteiger partial charge in [-0.1, -0.05) is 0 Å². The minimum Gasteiger partial charge on any atom is -0.391 e. The second-order valence-electron chi connectivity index (χ2n) is 3.89. The molecule has 0 bridgehead atoms. The van der Waals surface area contributed by atoms with E-state index < -0.39 is 23.8 Å². The molecule has 0 aromatic carbocycles. The van der Waals surface area contributed by atoms with Gasteiger partial charge in [-0.3, -0.25) is 19.8 Å². The Labute approximate surface area is 95.6 Å². The molecule has 1 aromatic rings. The summed E-state index contributed by atoms with van der Waals surface area (Å²) in [6.45, 7) is 1.61. The van der Waals surface area contributed by atoms with E-state index in [0.29, 0.717) is 0 Å². The smallest absolute Gasteiger partial charge is 0.280 e. The average molecular weight is 239 g/mol. The number of aromatic nitrogens is 2. The molecule has 1 aliphatic heterocycles. The van der Waals surface area contributed by atoms with E-state index in [4.69, 9.17) is 5.73 Å². The molecule has 8 heteroatoms. The van der Waals surface area contributed by atoms with Crippen LogP contribution in [0.25, 0.3) is 0 Å². The number of fused-ring (bicyclic) bond motifs is 1. The topological polar surface area (TPSA) is 137 Å². The fourth-order valence-electron chi connectivity index (χ4n) is 1.59. The maximum absolute atomic E-state index is 11.5. The number of hydrogen-bond acceptors (Lipinski definition) is 7. The monoisotopic (exact) mass is 239 g/mol.